The lowest BCUT2D eigenvalue weighted by atomic mass is 9.93. The van der Waals surface area contributed by atoms with Gasteiger partial charge >= 0.3 is 0 Å². The van der Waals surface area contributed by atoms with Gasteiger partial charge in [0.1, 0.15) is 23.2 Å². The summed E-state index contributed by atoms with van der Waals surface area (Å²) in [5, 5.41) is 7.61. The molecule has 47 heavy (non-hydrogen) atoms. The van der Waals surface area contributed by atoms with Crippen LogP contribution in [0.1, 0.15) is 72.1 Å². The molecule has 0 heterocycles. The van der Waals surface area contributed by atoms with Crippen molar-refractivity contribution in [2.75, 3.05) is 19.0 Å². The number of unbranched alkanes of at least 4 members (excludes halogenated alkanes) is 7. The first-order chi connectivity index (χ1) is 22.7. The molecule has 0 aliphatic heterocycles. The van der Waals surface area contributed by atoms with E-state index in [2.05, 4.69) is 96.3 Å². The molecule has 0 fully saturated rings. The molecular formula is C39H44NO5PS. The van der Waals surface area contributed by atoms with Gasteiger partial charge in [-0.2, -0.15) is 0 Å². The van der Waals surface area contributed by atoms with E-state index in [4.69, 9.17) is 13.0 Å². The minimum absolute atomic E-state index is 0.0801. The Kier molecular flexibility index (Phi) is 13.7. The Morgan fingerprint density at radius 1 is 0.574 bits per heavy atom. The maximum absolute atomic E-state index is 12.7. The molecule has 4 aromatic carbocycles. The van der Waals surface area contributed by atoms with E-state index in [0.717, 1.165) is 19.4 Å². The Bertz CT molecular complexity index is 1620. The lowest BCUT2D eigenvalue weighted by molar-refractivity contribution is 0.0978. The third kappa shape index (κ3) is 10.6. The highest BCUT2D eigenvalue weighted by atomic mass is 32.2. The molecule has 1 aliphatic carbocycles. The second-order valence-corrected chi connectivity index (χ2v) is 16.8. The maximum Gasteiger partial charge on any atom is 0.209 e. The van der Waals surface area contributed by atoms with Crippen LogP contribution in [-0.2, 0) is 10.1 Å². The lowest BCUT2D eigenvalue weighted by Crippen LogP contribution is -2.33. The van der Waals surface area contributed by atoms with Gasteiger partial charge < -0.3 is 9.87 Å². The van der Waals surface area contributed by atoms with Crippen LogP contribution in [0, 0.1) is 0 Å². The summed E-state index contributed by atoms with van der Waals surface area (Å²) in [6.45, 7) is 0.720. The first-order valence-corrected chi connectivity index (χ1v) is 20.1. The lowest BCUT2D eigenvalue weighted by Gasteiger charge is -2.27. The number of nitrogens with one attached hydrogen (secondary N) is 1. The molecule has 5 rings (SSSR count). The molecule has 0 spiro atoms. The van der Waals surface area contributed by atoms with Crippen molar-refractivity contribution in [2.24, 2.45) is 0 Å². The van der Waals surface area contributed by atoms with E-state index in [0.29, 0.717) is 23.1 Å². The fourth-order valence-electron chi connectivity index (χ4n) is 6.09. The van der Waals surface area contributed by atoms with Gasteiger partial charge in [0.2, 0.25) is 5.78 Å². The van der Waals surface area contributed by atoms with Crippen molar-refractivity contribution in [2.45, 2.75) is 51.4 Å². The third-order valence-corrected chi connectivity index (χ3v) is 12.8. The summed E-state index contributed by atoms with van der Waals surface area (Å²) in [5.41, 5.74) is 1.43. The molecular weight excluding hydrogens is 625 g/mol. The number of benzene rings is 4. The number of fused-ring (bicyclic) bond motifs is 1. The average molecular weight is 670 g/mol. The van der Waals surface area contributed by atoms with E-state index in [1.54, 1.807) is 24.3 Å². The molecule has 0 radical (unpaired) electrons. The fourth-order valence-corrected chi connectivity index (χ4v) is 10.5. The molecule has 1 N–H and O–H groups in total. The molecule has 0 unspecified atom stereocenters. The van der Waals surface area contributed by atoms with E-state index >= 15 is 0 Å². The molecule has 0 saturated carbocycles. The highest BCUT2D eigenvalue weighted by Crippen LogP contribution is 2.56. The van der Waals surface area contributed by atoms with Crippen LogP contribution in [-0.4, -0.2) is 43.5 Å². The summed E-state index contributed by atoms with van der Waals surface area (Å²) in [6, 6.07) is 40.6. The zero-order chi connectivity index (χ0) is 33.5. The number of ketones is 2. The number of carbonyl (C=O) groups excluding carboxylic acids is 2. The predicted molar refractivity (Wildman–Crippen MR) is 194 cm³/mol. The molecule has 1 aliphatic rings. The van der Waals surface area contributed by atoms with Crippen molar-refractivity contribution in [1.82, 2.24) is 5.32 Å². The number of Topliss-reactive ketones (excluding diaryl/α,β-unsaturated/α-hetero) is 1. The summed E-state index contributed by atoms with van der Waals surface area (Å²) < 4.78 is 27.2. The quantitative estimate of drug-likeness (QED) is 0.0847. The fraction of sp³-hybridized carbons (Fsp3) is 0.282. The molecule has 0 atom stereocenters. The summed E-state index contributed by atoms with van der Waals surface area (Å²) >= 11 is 0. The van der Waals surface area contributed by atoms with Gasteiger partial charge in [0, 0.05) is 30.0 Å². The molecule has 0 amide bonds. The molecule has 8 heteroatoms. The molecule has 0 bridgehead atoms. The first kappa shape index (κ1) is 35.9. The predicted octanol–water partition coefficient (Wildman–Crippen LogP) is 6.82. The first-order valence-electron chi connectivity index (χ1n) is 16.3. The maximum atomic E-state index is 12.7. The van der Waals surface area contributed by atoms with Gasteiger partial charge in [-0.15, -0.1) is 0 Å². The number of rotatable bonds is 15. The van der Waals surface area contributed by atoms with Crippen LogP contribution in [0.3, 0.4) is 0 Å². The van der Waals surface area contributed by atoms with Crippen LogP contribution in [0.15, 0.2) is 127 Å². The summed E-state index contributed by atoms with van der Waals surface area (Å²) in [6.07, 6.45) is 12.8. The van der Waals surface area contributed by atoms with Gasteiger partial charge in [0.05, 0.1) is 22.0 Å². The van der Waals surface area contributed by atoms with Crippen molar-refractivity contribution < 1.29 is 22.6 Å². The molecule has 246 valence electrons. The minimum Gasteiger partial charge on any atom is -0.748 e. The third-order valence-electron chi connectivity index (χ3n) is 8.28. The van der Waals surface area contributed by atoms with Gasteiger partial charge in [-0.05, 0) is 55.7 Å². The largest absolute Gasteiger partial charge is 0.748 e. The van der Waals surface area contributed by atoms with E-state index in [-0.39, 0.29) is 11.6 Å². The van der Waals surface area contributed by atoms with Gasteiger partial charge in [0.25, 0.3) is 0 Å². The van der Waals surface area contributed by atoms with Crippen molar-refractivity contribution in [3.05, 3.63) is 138 Å². The van der Waals surface area contributed by atoms with E-state index < -0.39 is 17.4 Å². The topological polar surface area (TPSA) is 103 Å². The molecule has 0 aromatic heterocycles. The van der Waals surface area contributed by atoms with Crippen molar-refractivity contribution >= 4 is 44.9 Å². The SMILES string of the molecule is CS(=O)(=O)[O-].O=C1C=C(NCCCCCCCCCC[P+](c2ccccc2)(c2ccccc2)c2ccccc2)C(=O)c2ccccc21. The number of allylic oxidation sites excluding steroid dienone is 2. The van der Waals surface area contributed by atoms with E-state index in [1.807, 2.05) is 0 Å². The Balaban J connectivity index is 0.000000930. The van der Waals surface area contributed by atoms with Crippen LogP contribution in [0.5, 0.6) is 0 Å². The Morgan fingerprint density at radius 2 is 0.957 bits per heavy atom. The minimum atomic E-state index is -3.92. The zero-order valence-corrected chi connectivity index (χ0v) is 28.7. The Labute approximate surface area is 280 Å². The highest BCUT2D eigenvalue weighted by molar-refractivity contribution is 7.95. The number of hydrogen-bond acceptors (Lipinski definition) is 6. The molecule has 4 aromatic rings. The van der Waals surface area contributed by atoms with Crippen LogP contribution in [0.2, 0.25) is 0 Å². The van der Waals surface area contributed by atoms with Gasteiger partial charge in [-0.1, -0.05) is 111 Å². The number of hydrogen-bond donors (Lipinski definition) is 1. The van der Waals surface area contributed by atoms with Crippen LogP contribution < -0.4 is 21.2 Å². The Morgan fingerprint density at radius 3 is 1.43 bits per heavy atom. The normalized spacial score (nSPS) is 12.9. The van der Waals surface area contributed by atoms with Crippen LogP contribution in [0.4, 0.5) is 0 Å². The molecule has 6 nitrogen and oxygen atoms in total. The molecule has 0 saturated heterocycles. The smallest absolute Gasteiger partial charge is 0.209 e. The van der Waals surface area contributed by atoms with Crippen molar-refractivity contribution in [3.63, 3.8) is 0 Å². The zero-order valence-electron chi connectivity index (χ0n) is 27.0. The number of carbonyl (C=O) groups is 2. The highest BCUT2D eigenvalue weighted by Gasteiger charge is 2.44. The van der Waals surface area contributed by atoms with Gasteiger partial charge in [-0.25, -0.2) is 8.42 Å². The van der Waals surface area contributed by atoms with E-state index in [9.17, 15) is 9.59 Å². The second-order valence-electron chi connectivity index (χ2n) is 11.8. The monoisotopic (exact) mass is 669 g/mol. The van der Waals surface area contributed by atoms with Crippen molar-refractivity contribution in [3.8, 4) is 0 Å². The van der Waals surface area contributed by atoms with Crippen molar-refractivity contribution in [1.29, 1.82) is 0 Å². The summed E-state index contributed by atoms with van der Waals surface area (Å²) in [5.74, 6) is -0.174. The standard InChI is InChI=1S/C38H40NO2P.CH4O3S/c40-37-30-36(38(41)35-27-17-16-26-34(35)37)39-28-18-5-3-1-2-4-6-19-29-42(31-20-10-7-11-21-31,32-22-12-8-13-23-32)33-24-14-9-15-25-33;1-5(2,3)4/h7-17,20-27,30H,1-6,18-19,28-29H2;1H3,(H,2,3,4). The second kappa shape index (κ2) is 17.9. The Hall–Kier alpha value is -3.90. The van der Waals surface area contributed by atoms with E-state index in [1.165, 1.54) is 66.7 Å². The van der Waals surface area contributed by atoms with Crippen LogP contribution in [0.25, 0.3) is 0 Å². The van der Waals surface area contributed by atoms with Gasteiger partial charge in [0.15, 0.2) is 5.78 Å². The van der Waals surface area contributed by atoms with Gasteiger partial charge in [-0.3, -0.25) is 9.59 Å². The average Bonchev–Trinajstić information content (AvgIpc) is 3.08. The summed E-state index contributed by atoms with van der Waals surface area (Å²) in [4.78, 5) is 25.0. The summed E-state index contributed by atoms with van der Waals surface area (Å²) in [7, 11) is -5.64. The van der Waals surface area contributed by atoms with Crippen LogP contribution >= 0.6 is 7.26 Å².